The average molecular weight is 342 g/mol. The molecular formula is C18H22N4OS. The molecule has 0 saturated carbocycles. The van der Waals surface area contributed by atoms with Gasteiger partial charge in [0.05, 0.1) is 28.0 Å². The summed E-state index contributed by atoms with van der Waals surface area (Å²) in [6.07, 6.45) is 0. The Kier molecular flexibility index (Phi) is 4.12. The van der Waals surface area contributed by atoms with Crippen molar-refractivity contribution in [2.75, 3.05) is 33.2 Å². The van der Waals surface area contributed by atoms with Crippen LogP contribution in [0.5, 0.6) is 0 Å². The number of carbonyl (C=O) groups excluding carboxylic acids is 1. The van der Waals surface area contributed by atoms with Gasteiger partial charge in [-0.25, -0.2) is 4.98 Å². The number of likely N-dealkylation sites (tertiary alicyclic amines) is 1. The number of aromatic nitrogens is 1. The quantitative estimate of drug-likeness (QED) is 0.886. The summed E-state index contributed by atoms with van der Waals surface area (Å²) in [5.41, 5.74) is 3.66. The van der Waals surface area contributed by atoms with Crippen LogP contribution in [0.2, 0.25) is 0 Å². The maximum Gasteiger partial charge on any atom is 0.229 e. The number of fused-ring (bicyclic) bond motifs is 1. The number of carbonyl (C=O) groups is 1. The number of benzene rings is 1. The summed E-state index contributed by atoms with van der Waals surface area (Å²) in [4.78, 5) is 20.8. The highest BCUT2D eigenvalue weighted by Crippen LogP contribution is 2.38. The van der Waals surface area contributed by atoms with Gasteiger partial charge in [0.15, 0.2) is 0 Å². The molecule has 3 heterocycles. The van der Waals surface area contributed by atoms with Crippen molar-refractivity contribution in [3.8, 4) is 11.3 Å². The van der Waals surface area contributed by atoms with Crippen LogP contribution in [-0.2, 0) is 11.3 Å². The van der Waals surface area contributed by atoms with Crippen molar-refractivity contribution in [1.29, 1.82) is 0 Å². The zero-order valence-electron chi connectivity index (χ0n) is 13.8. The number of nitrogens with zero attached hydrogens (tertiary/aromatic N) is 2. The lowest BCUT2D eigenvalue weighted by atomic mass is 9.80. The standard InChI is InChI=1S/C18H22N4OS/c1-22-9-14-7-19-10-18(14,11-22)17(23)20-8-15-16(21-12-24-15)13-5-3-2-4-6-13/h2-6,12,14,19H,7-11H2,1H3,(H,20,23)/t14-,18-/m1/s1. The molecule has 2 atom stereocenters. The van der Waals surface area contributed by atoms with E-state index < -0.39 is 0 Å². The molecule has 2 aromatic rings. The van der Waals surface area contributed by atoms with Crippen LogP contribution in [-0.4, -0.2) is 49.0 Å². The van der Waals surface area contributed by atoms with Crippen LogP contribution >= 0.6 is 11.3 Å². The summed E-state index contributed by atoms with van der Waals surface area (Å²) < 4.78 is 0. The Morgan fingerprint density at radius 2 is 2.29 bits per heavy atom. The highest BCUT2D eigenvalue weighted by Gasteiger charge is 2.53. The predicted octanol–water partition coefficient (Wildman–Crippen LogP) is 1.58. The Labute approximate surface area is 146 Å². The van der Waals surface area contributed by atoms with Crippen LogP contribution in [0.3, 0.4) is 0 Å². The monoisotopic (exact) mass is 342 g/mol. The second-order valence-corrected chi connectivity index (χ2v) is 7.79. The Morgan fingerprint density at radius 3 is 3.12 bits per heavy atom. The lowest BCUT2D eigenvalue weighted by molar-refractivity contribution is -0.130. The van der Waals surface area contributed by atoms with Gasteiger partial charge in [0.1, 0.15) is 0 Å². The molecule has 0 spiro atoms. The third-order valence-corrected chi connectivity index (χ3v) is 6.08. The molecule has 0 aliphatic carbocycles. The van der Waals surface area contributed by atoms with Crippen LogP contribution in [0, 0.1) is 11.3 Å². The van der Waals surface area contributed by atoms with E-state index in [0.29, 0.717) is 12.5 Å². The third-order valence-electron chi connectivity index (χ3n) is 5.25. The van der Waals surface area contributed by atoms with Gasteiger partial charge in [-0.15, -0.1) is 11.3 Å². The SMILES string of the molecule is CN1C[C@H]2CNC[C@@]2(C(=O)NCc2scnc2-c2ccccc2)C1. The van der Waals surface area contributed by atoms with E-state index in [-0.39, 0.29) is 11.3 Å². The zero-order chi connectivity index (χ0) is 16.6. The van der Waals surface area contributed by atoms with Gasteiger partial charge in [-0.2, -0.15) is 0 Å². The summed E-state index contributed by atoms with van der Waals surface area (Å²) in [5, 5.41) is 6.58. The van der Waals surface area contributed by atoms with Crippen LogP contribution in [0.1, 0.15) is 4.88 Å². The molecule has 5 nitrogen and oxygen atoms in total. The summed E-state index contributed by atoms with van der Waals surface area (Å²) in [6.45, 7) is 4.10. The number of hydrogen-bond acceptors (Lipinski definition) is 5. The van der Waals surface area contributed by atoms with Crippen molar-refractivity contribution in [3.05, 3.63) is 40.7 Å². The fourth-order valence-corrected chi connectivity index (χ4v) is 4.78. The Hall–Kier alpha value is -1.76. The fourth-order valence-electron chi connectivity index (χ4n) is 4.06. The minimum absolute atomic E-state index is 0.175. The summed E-state index contributed by atoms with van der Waals surface area (Å²) in [7, 11) is 2.10. The van der Waals surface area contributed by atoms with E-state index in [0.717, 1.165) is 42.3 Å². The van der Waals surface area contributed by atoms with E-state index in [2.05, 4.69) is 39.7 Å². The van der Waals surface area contributed by atoms with Gasteiger partial charge in [0.25, 0.3) is 0 Å². The predicted molar refractivity (Wildman–Crippen MR) is 95.7 cm³/mol. The maximum atomic E-state index is 12.9. The van der Waals surface area contributed by atoms with Crippen molar-refractivity contribution in [3.63, 3.8) is 0 Å². The molecule has 4 rings (SSSR count). The van der Waals surface area contributed by atoms with E-state index in [1.165, 1.54) is 0 Å². The van der Waals surface area contributed by atoms with Crippen LogP contribution in [0.4, 0.5) is 0 Å². The highest BCUT2D eigenvalue weighted by molar-refractivity contribution is 7.10. The Bertz CT molecular complexity index is 732. The van der Waals surface area contributed by atoms with Crippen LogP contribution in [0.15, 0.2) is 35.8 Å². The van der Waals surface area contributed by atoms with Crippen molar-refractivity contribution in [2.45, 2.75) is 6.54 Å². The maximum absolute atomic E-state index is 12.9. The summed E-state index contributed by atoms with van der Waals surface area (Å²) in [5.74, 6) is 0.590. The molecule has 0 unspecified atom stereocenters. The number of nitrogens with one attached hydrogen (secondary N) is 2. The zero-order valence-corrected chi connectivity index (χ0v) is 14.6. The first-order chi connectivity index (χ1) is 11.7. The van der Waals surface area contributed by atoms with Gasteiger partial charge >= 0.3 is 0 Å². The van der Waals surface area contributed by atoms with Crippen LogP contribution in [0.25, 0.3) is 11.3 Å². The minimum atomic E-state index is -0.271. The highest BCUT2D eigenvalue weighted by atomic mass is 32.1. The Morgan fingerprint density at radius 1 is 1.46 bits per heavy atom. The fraction of sp³-hybridized carbons (Fsp3) is 0.444. The number of thiazole rings is 1. The molecule has 0 bridgehead atoms. The van der Waals surface area contributed by atoms with Gasteiger partial charge in [-0.1, -0.05) is 30.3 Å². The van der Waals surface area contributed by atoms with E-state index in [9.17, 15) is 4.79 Å². The van der Waals surface area contributed by atoms with Gasteiger partial charge in [-0.3, -0.25) is 4.79 Å². The number of amides is 1. The van der Waals surface area contributed by atoms with Gasteiger partial charge in [0.2, 0.25) is 5.91 Å². The van der Waals surface area contributed by atoms with Crippen molar-refractivity contribution >= 4 is 17.2 Å². The molecule has 2 aliphatic heterocycles. The molecular weight excluding hydrogens is 320 g/mol. The van der Waals surface area contributed by atoms with Gasteiger partial charge in [0, 0.05) is 37.7 Å². The van der Waals surface area contributed by atoms with E-state index in [1.54, 1.807) is 11.3 Å². The molecule has 2 N–H and O–H groups in total. The van der Waals surface area contributed by atoms with Crippen molar-refractivity contribution < 1.29 is 4.79 Å². The Balaban J connectivity index is 1.48. The number of rotatable bonds is 4. The molecule has 1 amide bonds. The van der Waals surface area contributed by atoms with Gasteiger partial charge in [-0.05, 0) is 7.05 Å². The lowest BCUT2D eigenvalue weighted by Crippen LogP contribution is -2.46. The molecule has 126 valence electrons. The van der Waals surface area contributed by atoms with E-state index in [4.69, 9.17) is 0 Å². The van der Waals surface area contributed by atoms with Gasteiger partial charge < -0.3 is 15.5 Å². The first-order valence-corrected chi connectivity index (χ1v) is 9.22. The summed E-state index contributed by atoms with van der Waals surface area (Å²) >= 11 is 1.60. The topological polar surface area (TPSA) is 57.3 Å². The minimum Gasteiger partial charge on any atom is -0.351 e. The van der Waals surface area contributed by atoms with Crippen molar-refractivity contribution in [1.82, 2.24) is 20.5 Å². The largest absolute Gasteiger partial charge is 0.351 e. The molecule has 2 saturated heterocycles. The first-order valence-electron chi connectivity index (χ1n) is 8.34. The molecule has 6 heteroatoms. The molecule has 24 heavy (non-hydrogen) atoms. The van der Waals surface area contributed by atoms with Crippen molar-refractivity contribution in [2.24, 2.45) is 11.3 Å². The molecule has 2 aliphatic rings. The lowest BCUT2D eigenvalue weighted by Gasteiger charge is -2.26. The normalized spacial score (nSPS) is 26.5. The molecule has 2 fully saturated rings. The second-order valence-electron chi connectivity index (χ2n) is 6.85. The smallest absolute Gasteiger partial charge is 0.229 e. The molecule has 0 radical (unpaired) electrons. The molecule has 1 aromatic carbocycles. The third kappa shape index (κ3) is 2.64. The second kappa shape index (κ2) is 6.27. The molecule has 1 aromatic heterocycles. The number of hydrogen-bond donors (Lipinski definition) is 2. The van der Waals surface area contributed by atoms with Crippen LogP contribution < -0.4 is 10.6 Å². The van der Waals surface area contributed by atoms with E-state index in [1.807, 2.05) is 23.7 Å². The summed E-state index contributed by atoms with van der Waals surface area (Å²) in [6, 6.07) is 10.1. The average Bonchev–Trinajstić information content (AvgIpc) is 3.27. The van der Waals surface area contributed by atoms with E-state index >= 15 is 0 Å². The first kappa shape index (κ1) is 15.7.